The molecule has 2 fully saturated rings. The van der Waals surface area contributed by atoms with Gasteiger partial charge in [-0.1, -0.05) is 35.9 Å². The van der Waals surface area contributed by atoms with Gasteiger partial charge in [0, 0.05) is 5.56 Å². The van der Waals surface area contributed by atoms with Gasteiger partial charge >= 0.3 is 0 Å². The fourth-order valence-electron chi connectivity index (χ4n) is 5.18. The molecule has 3 aromatic rings. The van der Waals surface area contributed by atoms with Gasteiger partial charge in [-0.25, -0.2) is 9.96 Å². The van der Waals surface area contributed by atoms with Crippen LogP contribution in [0.5, 0.6) is 17.2 Å². The Hall–Kier alpha value is -4.04. The number of carbonyl (C=O) groups excluding carboxylic acids is 2. The minimum Gasteiger partial charge on any atom is -0.493 e. The number of nitrogens with zero attached hydrogens (tertiary/aromatic N) is 2. The number of aryl methyl sites for hydroxylation is 2. The molecule has 36 heavy (non-hydrogen) atoms. The average Bonchev–Trinajstić information content (AvgIpc) is 3.39. The number of hydrogen-bond acceptors (Lipinski definition) is 7. The molecule has 186 valence electrons. The number of hydrogen-bond donors (Lipinski definition) is 0. The standard InChI is InChI=1S/C28H28N2O6/c1-16-11-13-20(17(2)15-16)29-27(31)22-23(19-12-14-21(33-3)25(35-5)24(19)34-4)30(36-26(22)28(29)32)18-9-7-6-8-10-18/h6-15,22-23,26H,1-5H3/t22-,23+,26+/m0/s1. The van der Waals surface area contributed by atoms with E-state index in [1.165, 1.54) is 19.1 Å². The van der Waals surface area contributed by atoms with E-state index in [1.54, 1.807) is 18.2 Å². The first-order chi connectivity index (χ1) is 17.4. The third kappa shape index (κ3) is 3.56. The van der Waals surface area contributed by atoms with Crippen molar-refractivity contribution in [2.45, 2.75) is 26.0 Å². The lowest BCUT2D eigenvalue weighted by Gasteiger charge is -2.30. The van der Waals surface area contributed by atoms with Crippen molar-refractivity contribution in [1.82, 2.24) is 0 Å². The predicted octanol–water partition coefficient (Wildman–Crippen LogP) is 4.38. The highest BCUT2D eigenvalue weighted by molar-refractivity contribution is 6.24. The second kappa shape index (κ2) is 9.20. The Morgan fingerprint density at radius 3 is 2.17 bits per heavy atom. The zero-order valence-electron chi connectivity index (χ0n) is 20.8. The van der Waals surface area contributed by atoms with Gasteiger partial charge in [-0.3, -0.25) is 14.4 Å². The maximum absolute atomic E-state index is 14.0. The van der Waals surface area contributed by atoms with Crippen LogP contribution in [0.2, 0.25) is 0 Å². The van der Waals surface area contributed by atoms with Crippen LogP contribution in [0.15, 0.2) is 60.7 Å². The van der Waals surface area contributed by atoms with Gasteiger partial charge in [0.1, 0.15) is 12.0 Å². The molecule has 3 aromatic carbocycles. The lowest BCUT2D eigenvalue weighted by Crippen LogP contribution is -2.37. The Kier molecular flexibility index (Phi) is 6.05. The zero-order chi connectivity index (χ0) is 25.6. The van der Waals surface area contributed by atoms with Crippen molar-refractivity contribution in [2.75, 3.05) is 31.3 Å². The molecule has 2 heterocycles. The molecule has 0 aliphatic carbocycles. The molecular weight excluding hydrogens is 460 g/mol. The van der Waals surface area contributed by atoms with E-state index in [4.69, 9.17) is 19.0 Å². The van der Waals surface area contributed by atoms with E-state index in [0.717, 1.165) is 11.1 Å². The molecule has 0 N–H and O–H groups in total. The Morgan fingerprint density at radius 2 is 1.53 bits per heavy atom. The molecule has 2 aliphatic heterocycles. The van der Waals surface area contributed by atoms with Gasteiger partial charge < -0.3 is 14.2 Å². The number of ether oxygens (including phenoxy) is 3. The number of imide groups is 1. The number of methoxy groups -OCH3 is 3. The highest BCUT2D eigenvalue weighted by atomic mass is 16.7. The predicted molar refractivity (Wildman–Crippen MR) is 135 cm³/mol. The molecule has 8 heteroatoms. The maximum Gasteiger partial charge on any atom is 0.266 e. The normalized spacial score (nSPS) is 21.1. The first-order valence-electron chi connectivity index (χ1n) is 11.7. The number of amides is 2. The van der Waals surface area contributed by atoms with Gasteiger partial charge in [-0.15, -0.1) is 0 Å². The van der Waals surface area contributed by atoms with Crippen LogP contribution in [0.4, 0.5) is 11.4 Å². The van der Waals surface area contributed by atoms with Crippen molar-refractivity contribution in [1.29, 1.82) is 0 Å². The van der Waals surface area contributed by atoms with E-state index in [9.17, 15) is 9.59 Å². The number of para-hydroxylation sites is 1. The smallest absolute Gasteiger partial charge is 0.266 e. The summed E-state index contributed by atoms with van der Waals surface area (Å²) in [5.41, 5.74) is 3.83. The van der Waals surface area contributed by atoms with E-state index in [1.807, 2.05) is 68.4 Å². The summed E-state index contributed by atoms with van der Waals surface area (Å²) in [7, 11) is 4.60. The minimum atomic E-state index is -0.985. The van der Waals surface area contributed by atoms with E-state index in [0.29, 0.717) is 34.2 Å². The molecule has 0 saturated carbocycles. The highest BCUT2D eigenvalue weighted by Gasteiger charge is 2.61. The van der Waals surface area contributed by atoms with Crippen LogP contribution in [0.25, 0.3) is 0 Å². The lowest BCUT2D eigenvalue weighted by molar-refractivity contribution is -0.126. The molecule has 3 atom stereocenters. The van der Waals surface area contributed by atoms with E-state index >= 15 is 0 Å². The van der Waals surface area contributed by atoms with Crippen LogP contribution < -0.4 is 24.2 Å². The molecule has 0 aromatic heterocycles. The van der Waals surface area contributed by atoms with Crippen molar-refractivity contribution < 1.29 is 28.6 Å². The molecule has 2 saturated heterocycles. The molecule has 0 radical (unpaired) electrons. The summed E-state index contributed by atoms with van der Waals surface area (Å²) in [6, 6.07) is 18.0. The first-order valence-corrected chi connectivity index (χ1v) is 11.7. The Labute approximate surface area is 209 Å². The molecule has 8 nitrogen and oxygen atoms in total. The summed E-state index contributed by atoms with van der Waals surface area (Å²) in [5, 5.41) is 1.63. The Balaban J connectivity index is 1.67. The second-order valence-electron chi connectivity index (χ2n) is 8.88. The highest BCUT2D eigenvalue weighted by Crippen LogP contribution is 2.52. The van der Waals surface area contributed by atoms with Gasteiger partial charge in [-0.2, -0.15) is 0 Å². The summed E-state index contributed by atoms with van der Waals surface area (Å²) in [4.78, 5) is 35.1. The molecular formula is C28H28N2O6. The van der Waals surface area contributed by atoms with Gasteiger partial charge in [0.2, 0.25) is 11.7 Å². The van der Waals surface area contributed by atoms with Crippen LogP contribution in [-0.2, 0) is 14.4 Å². The van der Waals surface area contributed by atoms with E-state index in [2.05, 4.69) is 0 Å². The molecule has 2 aliphatic rings. The third-order valence-electron chi connectivity index (χ3n) is 6.77. The largest absolute Gasteiger partial charge is 0.493 e. The summed E-state index contributed by atoms with van der Waals surface area (Å²) < 4.78 is 16.8. The van der Waals surface area contributed by atoms with Crippen LogP contribution in [0.1, 0.15) is 22.7 Å². The van der Waals surface area contributed by atoms with Crippen molar-refractivity contribution in [3.8, 4) is 17.2 Å². The van der Waals surface area contributed by atoms with Crippen molar-refractivity contribution in [3.05, 3.63) is 77.4 Å². The quantitative estimate of drug-likeness (QED) is 0.477. The molecule has 2 amide bonds. The lowest BCUT2D eigenvalue weighted by atomic mass is 9.89. The molecule has 0 bridgehead atoms. The monoisotopic (exact) mass is 488 g/mol. The average molecular weight is 489 g/mol. The number of hydroxylamine groups is 1. The molecule has 0 spiro atoms. The van der Waals surface area contributed by atoms with Gasteiger partial charge in [0.25, 0.3) is 5.91 Å². The van der Waals surface area contributed by atoms with Crippen LogP contribution in [0, 0.1) is 19.8 Å². The third-order valence-corrected chi connectivity index (χ3v) is 6.77. The SMILES string of the molecule is COc1ccc([C@@H]2[C@@H]3C(=O)N(c4ccc(C)cc4C)C(=O)[C@@H]3ON2c2ccccc2)c(OC)c1OC. The first kappa shape index (κ1) is 23.7. The summed E-state index contributed by atoms with van der Waals surface area (Å²) in [6.07, 6.45) is -0.985. The molecule has 0 unspecified atom stereocenters. The van der Waals surface area contributed by atoms with Crippen LogP contribution in [-0.4, -0.2) is 39.2 Å². The van der Waals surface area contributed by atoms with Crippen molar-refractivity contribution in [3.63, 3.8) is 0 Å². The fourth-order valence-corrected chi connectivity index (χ4v) is 5.18. The van der Waals surface area contributed by atoms with E-state index < -0.39 is 18.1 Å². The fraction of sp³-hybridized carbons (Fsp3) is 0.286. The van der Waals surface area contributed by atoms with Crippen molar-refractivity contribution >= 4 is 23.2 Å². The second-order valence-corrected chi connectivity index (χ2v) is 8.88. The Morgan fingerprint density at radius 1 is 0.806 bits per heavy atom. The summed E-state index contributed by atoms with van der Waals surface area (Å²) in [5.74, 6) is -0.206. The molecule has 5 rings (SSSR count). The number of carbonyl (C=O) groups is 2. The Bertz CT molecular complexity index is 1330. The number of fused-ring (bicyclic) bond motifs is 1. The van der Waals surface area contributed by atoms with Crippen LogP contribution >= 0.6 is 0 Å². The van der Waals surface area contributed by atoms with Gasteiger partial charge in [-0.05, 0) is 49.7 Å². The number of benzene rings is 3. The van der Waals surface area contributed by atoms with Crippen molar-refractivity contribution in [2.24, 2.45) is 5.92 Å². The van der Waals surface area contributed by atoms with E-state index in [-0.39, 0.29) is 11.8 Å². The topological polar surface area (TPSA) is 77.5 Å². The van der Waals surface area contributed by atoms with Gasteiger partial charge in [0.15, 0.2) is 17.6 Å². The summed E-state index contributed by atoms with van der Waals surface area (Å²) in [6.45, 7) is 3.86. The van der Waals surface area contributed by atoms with Gasteiger partial charge in [0.05, 0.1) is 32.7 Å². The van der Waals surface area contributed by atoms with Crippen LogP contribution in [0.3, 0.4) is 0 Å². The number of rotatable bonds is 6. The zero-order valence-corrected chi connectivity index (χ0v) is 20.8. The minimum absolute atomic E-state index is 0.322. The maximum atomic E-state index is 14.0. The summed E-state index contributed by atoms with van der Waals surface area (Å²) >= 11 is 0. The number of anilines is 2.